The normalized spacial score (nSPS) is 11.5. The van der Waals surface area contributed by atoms with E-state index in [4.69, 9.17) is 5.73 Å². The monoisotopic (exact) mass is 331 g/mol. The molecular weight excluding hydrogens is 319 g/mol. The fraction of sp³-hybridized carbons (Fsp3) is 0.0588. The minimum absolute atomic E-state index is 0.267. The molecule has 0 aliphatic rings. The molecule has 0 saturated heterocycles. The molecule has 3 aromatic rings. The van der Waals surface area contributed by atoms with Gasteiger partial charge in [-0.1, -0.05) is 30.3 Å². The highest BCUT2D eigenvalue weighted by Gasteiger charge is 2.35. The lowest BCUT2D eigenvalue weighted by molar-refractivity contribution is -0.141. The molecule has 0 aliphatic heterocycles. The number of carbonyl (C=O) groups is 1. The summed E-state index contributed by atoms with van der Waals surface area (Å²) in [5.74, 6) is -0.610. The Morgan fingerprint density at radius 2 is 1.62 bits per heavy atom. The van der Waals surface area contributed by atoms with E-state index in [0.29, 0.717) is 16.9 Å². The lowest BCUT2D eigenvalue weighted by Crippen LogP contribution is -2.11. The molecule has 2 N–H and O–H groups in total. The third-order valence-electron chi connectivity index (χ3n) is 3.47. The summed E-state index contributed by atoms with van der Waals surface area (Å²) < 4.78 is 40.3. The molecule has 2 aromatic carbocycles. The van der Waals surface area contributed by atoms with Gasteiger partial charge >= 0.3 is 6.18 Å². The van der Waals surface area contributed by atoms with Crippen LogP contribution in [0.2, 0.25) is 0 Å². The molecular formula is C17H12F3N3O. The fourth-order valence-corrected chi connectivity index (χ4v) is 2.30. The molecule has 0 unspecified atom stereocenters. The first-order valence-electron chi connectivity index (χ1n) is 6.99. The van der Waals surface area contributed by atoms with Crippen LogP contribution in [-0.2, 0) is 6.18 Å². The number of nitrogens with two attached hydrogens (primary N) is 1. The minimum Gasteiger partial charge on any atom is -0.366 e. The number of rotatable bonds is 3. The van der Waals surface area contributed by atoms with Crippen molar-refractivity contribution in [2.45, 2.75) is 6.18 Å². The Kier molecular flexibility index (Phi) is 3.84. The number of halogens is 3. The van der Waals surface area contributed by atoms with E-state index in [1.165, 1.54) is 28.9 Å². The lowest BCUT2D eigenvalue weighted by Gasteiger charge is -2.08. The van der Waals surface area contributed by atoms with Gasteiger partial charge in [-0.2, -0.15) is 18.3 Å². The highest BCUT2D eigenvalue weighted by molar-refractivity contribution is 5.92. The summed E-state index contributed by atoms with van der Waals surface area (Å²) in [7, 11) is 0. The lowest BCUT2D eigenvalue weighted by atomic mass is 10.1. The van der Waals surface area contributed by atoms with Crippen molar-refractivity contribution < 1.29 is 18.0 Å². The number of benzene rings is 2. The number of hydrogen-bond donors (Lipinski definition) is 1. The smallest absolute Gasteiger partial charge is 0.366 e. The van der Waals surface area contributed by atoms with Crippen molar-refractivity contribution >= 4 is 5.91 Å². The van der Waals surface area contributed by atoms with Gasteiger partial charge in [0.1, 0.15) is 0 Å². The molecule has 0 radical (unpaired) electrons. The van der Waals surface area contributed by atoms with E-state index in [1.54, 1.807) is 30.3 Å². The topological polar surface area (TPSA) is 60.9 Å². The van der Waals surface area contributed by atoms with Crippen LogP contribution in [0.5, 0.6) is 0 Å². The van der Waals surface area contributed by atoms with Crippen LogP contribution in [0.3, 0.4) is 0 Å². The van der Waals surface area contributed by atoms with Gasteiger partial charge in [0, 0.05) is 11.1 Å². The summed E-state index contributed by atoms with van der Waals surface area (Å²) in [4.78, 5) is 11.1. The Morgan fingerprint density at radius 3 is 2.17 bits per heavy atom. The average Bonchev–Trinajstić information content (AvgIpc) is 3.01. The maximum atomic E-state index is 13.0. The van der Waals surface area contributed by atoms with Crippen molar-refractivity contribution in [1.29, 1.82) is 0 Å². The molecule has 1 heterocycles. The summed E-state index contributed by atoms with van der Waals surface area (Å²) >= 11 is 0. The van der Waals surface area contributed by atoms with Gasteiger partial charge in [-0.05, 0) is 30.3 Å². The van der Waals surface area contributed by atoms with Gasteiger partial charge in [-0.3, -0.25) is 4.79 Å². The van der Waals surface area contributed by atoms with E-state index >= 15 is 0 Å². The SMILES string of the molecule is NC(=O)c1ccc(-n2nc(C(F)(F)F)cc2-c2ccccc2)cc1. The number of primary amides is 1. The predicted molar refractivity (Wildman–Crippen MR) is 82.5 cm³/mol. The summed E-state index contributed by atoms with van der Waals surface area (Å²) in [6.45, 7) is 0. The van der Waals surface area contributed by atoms with Gasteiger partial charge in [-0.25, -0.2) is 4.68 Å². The summed E-state index contributed by atoms with van der Waals surface area (Å²) in [6.07, 6.45) is -4.55. The number of aromatic nitrogens is 2. The van der Waals surface area contributed by atoms with E-state index in [2.05, 4.69) is 5.10 Å². The maximum Gasteiger partial charge on any atom is 0.435 e. The third kappa shape index (κ3) is 3.01. The zero-order valence-corrected chi connectivity index (χ0v) is 12.3. The van der Waals surface area contributed by atoms with E-state index in [1.807, 2.05) is 0 Å². The molecule has 0 aliphatic carbocycles. The summed E-state index contributed by atoms with van der Waals surface area (Å²) in [5.41, 5.74) is 5.75. The van der Waals surface area contributed by atoms with Gasteiger partial charge < -0.3 is 5.73 Å². The maximum absolute atomic E-state index is 13.0. The fourth-order valence-electron chi connectivity index (χ4n) is 2.30. The summed E-state index contributed by atoms with van der Waals surface area (Å²) in [5, 5.41) is 3.68. The van der Waals surface area contributed by atoms with Crippen molar-refractivity contribution in [3.8, 4) is 16.9 Å². The predicted octanol–water partition coefficient (Wildman–Crippen LogP) is 3.66. The highest BCUT2D eigenvalue weighted by atomic mass is 19.4. The zero-order valence-electron chi connectivity index (χ0n) is 12.3. The first kappa shape index (κ1) is 15.8. The molecule has 1 aromatic heterocycles. The van der Waals surface area contributed by atoms with Crippen molar-refractivity contribution in [3.63, 3.8) is 0 Å². The van der Waals surface area contributed by atoms with Crippen LogP contribution in [0.25, 0.3) is 16.9 Å². The molecule has 7 heteroatoms. The number of carbonyl (C=O) groups excluding carboxylic acids is 1. The molecule has 0 fully saturated rings. The number of nitrogens with zero attached hydrogens (tertiary/aromatic N) is 2. The van der Waals surface area contributed by atoms with E-state index in [-0.39, 0.29) is 5.56 Å². The van der Waals surface area contributed by atoms with E-state index < -0.39 is 17.8 Å². The van der Waals surface area contributed by atoms with Crippen LogP contribution in [-0.4, -0.2) is 15.7 Å². The first-order chi connectivity index (χ1) is 11.4. The van der Waals surface area contributed by atoms with Crippen molar-refractivity contribution in [3.05, 3.63) is 71.9 Å². The van der Waals surface area contributed by atoms with Crippen LogP contribution in [0, 0.1) is 0 Å². The zero-order chi connectivity index (χ0) is 17.3. The second-order valence-electron chi connectivity index (χ2n) is 5.10. The molecule has 122 valence electrons. The molecule has 3 rings (SSSR count). The van der Waals surface area contributed by atoms with Crippen LogP contribution in [0.15, 0.2) is 60.7 Å². The number of alkyl halides is 3. The van der Waals surface area contributed by atoms with Crippen molar-refractivity contribution in [2.75, 3.05) is 0 Å². The van der Waals surface area contributed by atoms with Crippen LogP contribution < -0.4 is 5.73 Å². The van der Waals surface area contributed by atoms with Crippen LogP contribution in [0.4, 0.5) is 13.2 Å². The molecule has 24 heavy (non-hydrogen) atoms. The van der Waals surface area contributed by atoms with E-state index in [9.17, 15) is 18.0 Å². The Morgan fingerprint density at radius 1 is 1.00 bits per heavy atom. The van der Waals surface area contributed by atoms with Crippen LogP contribution >= 0.6 is 0 Å². The van der Waals surface area contributed by atoms with Gasteiger partial charge in [0.2, 0.25) is 5.91 Å². The second kappa shape index (κ2) is 5.84. The molecule has 0 saturated carbocycles. The summed E-state index contributed by atoms with van der Waals surface area (Å²) in [6, 6.07) is 15.5. The largest absolute Gasteiger partial charge is 0.435 e. The van der Waals surface area contributed by atoms with Gasteiger partial charge in [0.25, 0.3) is 0 Å². The molecule has 0 spiro atoms. The number of amides is 1. The van der Waals surface area contributed by atoms with Gasteiger partial charge in [-0.15, -0.1) is 0 Å². The Labute approximate surface area is 135 Å². The highest BCUT2D eigenvalue weighted by Crippen LogP contribution is 2.33. The van der Waals surface area contributed by atoms with Crippen molar-refractivity contribution in [1.82, 2.24) is 9.78 Å². The standard InChI is InChI=1S/C17H12F3N3O/c18-17(19,20)15-10-14(11-4-2-1-3-5-11)23(22-15)13-8-6-12(7-9-13)16(21)24/h1-10H,(H2,21,24). The Hall–Kier alpha value is -3.09. The quantitative estimate of drug-likeness (QED) is 0.796. The Balaban J connectivity index is 2.15. The average molecular weight is 331 g/mol. The molecule has 1 amide bonds. The van der Waals surface area contributed by atoms with Crippen molar-refractivity contribution in [2.24, 2.45) is 5.73 Å². The Bertz CT molecular complexity index is 868. The minimum atomic E-state index is -4.55. The molecule has 0 atom stereocenters. The number of hydrogen-bond acceptors (Lipinski definition) is 2. The molecule has 4 nitrogen and oxygen atoms in total. The third-order valence-corrected chi connectivity index (χ3v) is 3.47. The molecule has 0 bridgehead atoms. The second-order valence-corrected chi connectivity index (χ2v) is 5.10. The van der Waals surface area contributed by atoms with E-state index in [0.717, 1.165) is 6.07 Å². The van der Waals surface area contributed by atoms with Gasteiger partial charge in [0.15, 0.2) is 5.69 Å². The van der Waals surface area contributed by atoms with Crippen LogP contribution in [0.1, 0.15) is 16.1 Å². The first-order valence-corrected chi connectivity index (χ1v) is 6.99. The van der Waals surface area contributed by atoms with Gasteiger partial charge in [0.05, 0.1) is 11.4 Å².